The zero-order chi connectivity index (χ0) is 25.5. The fourth-order valence-electron chi connectivity index (χ4n) is 3.84. The molecule has 0 atom stereocenters. The molecule has 36 heavy (non-hydrogen) atoms. The summed E-state index contributed by atoms with van der Waals surface area (Å²) in [5.74, 6) is 1.28. The first-order valence-electron chi connectivity index (χ1n) is 11.5. The van der Waals surface area contributed by atoms with Crippen LogP contribution in [0.25, 0.3) is 0 Å². The molecule has 0 spiro atoms. The van der Waals surface area contributed by atoms with Crippen molar-refractivity contribution in [2.75, 3.05) is 14.2 Å². The minimum atomic E-state index is -0.115. The Bertz CT molecular complexity index is 1240. The summed E-state index contributed by atoms with van der Waals surface area (Å²) in [7, 11) is 3.16. The summed E-state index contributed by atoms with van der Waals surface area (Å²) in [6.07, 6.45) is 0.495. The summed E-state index contributed by atoms with van der Waals surface area (Å²) in [6, 6.07) is 28.2. The van der Waals surface area contributed by atoms with Gasteiger partial charge >= 0.3 is 0 Å². The lowest BCUT2D eigenvalue weighted by Gasteiger charge is -2.07. The van der Waals surface area contributed by atoms with Crippen molar-refractivity contribution in [3.63, 3.8) is 0 Å². The van der Waals surface area contributed by atoms with Gasteiger partial charge in [0.25, 0.3) is 0 Å². The van der Waals surface area contributed by atoms with Crippen LogP contribution in [0.4, 0.5) is 0 Å². The molecule has 0 aliphatic carbocycles. The SMILES string of the molecule is COc1ccc(C(=O)Cc2ccc(C(=O)c3ccc(CC(=O)c4ccc(OC)cc4)cc3)cc2)cc1. The van der Waals surface area contributed by atoms with E-state index in [2.05, 4.69) is 0 Å². The van der Waals surface area contributed by atoms with Crippen LogP contribution in [0.1, 0.15) is 47.8 Å². The second-order valence-corrected chi connectivity index (χ2v) is 8.38. The molecule has 0 unspecified atom stereocenters. The van der Waals surface area contributed by atoms with Gasteiger partial charge in [0.2, 0.25) is 0 Å². The van der Waals surface area contributed by atoms with Crippen LogP contribution in [0.15, 0.2) is 97.1 Å². The molecule has 0 heterocycles. The van der Waals surface area contributed by atoms with Crippen LogP contribution < -0.4 is 9.47 Å². The van der Waals surface area contributed by atoms with Crippen LogP contribution in [-0.4, -0.2) is 31.6 Å². The Labute approximate surface area is 210 Å². The summed E-state index contributed by atoms with van der Waals surface area (Å²) in [5.41, 5.74) is 3.97. The zero-order valence-corrected chi connectivity index (χ0v) is 20.2. The Hall–Kier alpha value is -4.51. The molecule has 5 nitrogen and oxygen atoms in total. The predicted molar refractivity (Wildman–Crippen MR) is 138 cm³/mol. The van der Waals surface area contributed by atoms with Crippen molar-refractivity contribution >= 4 is 17.3 Å². The van der Waals surface area contributed by atoms with Gasteiger partial charge in [-0.3, -0.25) is 14.4 Å². The van der Waals surface area contributed by atoms with E-state index in [0.717, 1.165) is 11.1 Å². The molecule has 0 aliphatic rings. The Kier molecular flexibility index (Phi) is 7.71. The first kappa shape index (κ1) is 24.6. The van der Waals surface area contributed by atoms with E-state index in [1.807, 2.05) is 0 Å². The molecule has 0 saturated heterocycles. The largest absolute Gasteiger partial charge is 0.497 e. The minimum Gasteiger partial charge on any atom is -0.497 e. The maximum absolute atomic E-state index is 12.9. The van der Waals surface area contributed by atoms with E-state index < -0.39 is 0 Å². The highest BCUT2D eigenvalue weighted by Gasteiger charge is 2.13. The van der Waals surface area contributed by atoms with Crippen molar-refractivity contribution in [2.45, 2.75) is 12.8 Å². The Balaban J connectivity index is 1.36. The molecule has 0 bridgehead atoms. The first-order valence-corrected chi connectivity index (χ1v) is 11.5. The van der Waals surface area contributed by atoms with Crippen molar-refractivity contribution in [1.82, 2.24) is 0 Å². The van der Waals surface area contributed by atoms with Crippen molar-refractivity contribution < 1.29 is 23.9 Å². The molecule has 0 aromatic heterocycles. The van der Waals surface area contributed by atoms with Crippen LogP contribution in [0.3, 0.4) is 0 Å². The average molecular weight is 479 g/mol. The summed E-state index contributed by atoms with van der Waals surface area (Å²) in [6.45, 7) is 0. The molecule has 4 aromatic rings. The molecule has 5 heteroatoms. The molecule has 0 aliphatic heterocycles. The first-order chi connectivity index (χ1) is 17.5. The fraction of sp³-hybridized carbons (Fsp3) is 0.129. The second kappa shape index (κ2) is 11.3. The molecular weight excluding hydrogens is 452 g/mol. The van der Waals surface area contributed by atoms with E-state index in [1.54, 1.807) is 111 Å². The molecule has 0 amide bonds. The molecule has 0 fully saturated rings. The van der Waals surface area contributed by atoms with Crippen LogP contribution >= 0.6 is 0 Å². The topological polar surface area (TPSA) is 69.7 Å². The highest BCUT2D eigenvalue weighted by atomic mass is 16.5. The van der Waals surface area contributed by atoms with Gasteiger partial charge in [-0.1, -0.05) is 48.5 Å². The van der Waals surface area contributed by atoms with Gasteiger partial charge < -0.3 is 9.47 Å². The zero-order valence-electron chi connectivity index (χ0n) is 20.2. The van der Waals surface area contributed by atoms with Crippen LogP contribution in [0.2, 0.25) is 0 Å². The lowest BCUT2D eigenvalue weighted by atomic mass is 9.97. The Morgan fingerprint density at radius 1 is 0.472 bits per heavy atom. The maximum Gasteiger partial charge on any atom is 0.193 e. The second-order valence-electron chi connectivity index (χ2n) is 8.38. The lowest BCUT2D eigenvalue weighted by molar-refractivity contribution is 0.0984. The van der Waals surface area contributed by atoms with Gasteiger partial charge in [0.15, 0.2) is 17.3 Å². The predicted octanol–water partition coefficient (Wildman–Crippen LogP) is 5.79. The van der Waals surface area contributed by atoms with Gasteiger partial charge in [0.05, 0.1) is 14.2 Å². The summed E-state index contributed by atoms with van der Waals surface area (Å²) < 4.78 is 10.3. The standard InChI is InChI=1S/C31H26O5/c1-35-27-15-11-23(12-16-27)29(32)19-21-3-7-25(8-4-21)31(34)26-9-5-22(6-10-26)20-30(33)24-13-17-28(36-2)18-14-24/h3-18H,19-20H2,1-2H3. The van der Waals surface area contributed by atoms with Crippen molar-refractivity contribution in [3.05, 3.63) is 130 Å². The monoisotopic (exact) mass is 478 g/mol. The quantitative estimate of drug-likeness (QED) is 0.270. The Morgan fingerprint density at radius 2 is 0.778 bits per heavy atom. The third-order valence-corrected chi connectivity index (χ3v) is 5.99. The van der Waals surface area contributed by atoms with E-state index >= 15 is 0 Å². The van der Waals surface area contributed by atoms with Crippen molar-refractivity contribution in [2.24, 2.45) is 0 Å². The van der Waals surface area contributed by atoms with Gasteiger partial charge in [-0.25, -0.2) is 0 Å². The summed E-state index contributed by atoms with van der Waals surface area (Å²) >= 11 is 0. The number of methoxy groups -OCH3 is 2. The normalized spacial score (nSPS) is 10.5. The fourth-order valence-corrected chi connectivity index (χ4v) is 3.84. The molecule has 4 rings (SSSR count). The number of ketones is 3. The highest BCUT2D eigenvalue weighted by Crippen LogP contribution is 2.17. The number of carbonyl (C=O) groups is 3. The molecular formula is C31H26O5. The number of ether oxygens (including phenoxy) is 2. The summed E-state index contributed by atoms with van der Waals surface area (Å²) in [5, 5.41) is 0. The number of hydrogen-bond donors (Lipinski definition) is 0. The van der Waals surface area contributed by atoms with E-state index in [4.69, 9.17) is 9.47 Å². The lowest BCUT2D eigenvalue weighted by Crippen LogP contribution is -2.06. The van der Waals surface area contributed by atoms with Gasteiger partial charge in [0.1, 0.15) is 11.5 Å². The van der Waals surface area contributed by atoms with Crippen molar-refractivity contribution in [3.8, 4) is 11.5 Å². The van der Waals surface area contributed by atoms with E-state index in [1.165, 1.54) is 0 Å². The summed E-state index contributed by atoms with van der Waals surface area (Å²) in [4.78, 5) is 38.0. The van der Waals surface area contributed by atoms with Gasteiger partial charge in [0, 0.05) is 35.1 Å². The van der Waals surface area contributed by atoms with Gasteiger partial charge in [-0.15, -0.1) is 0 Å². The third-order valence-electron chi connectivity index (χ3n) is 5.99. The molecule has 0 saturated carbocycles. The molecule has 180 valence electrons. The highest BCUT2D eigenvalue weighted by molar-refractivity contribution is 6.09. The van der Waals surface area contributed by atoms with Crippen molar-refractivity contribution in [1.29, 1.82) is 0 Å². The number of benzene rings is 4. The van der Waals surface area contributed by atoms with Gasteiger partial charge in [-0.2, -0.15) is 0 Å². The number of Topliss-reactive ketones (excluding diaryl/α,β-unsaturated/α-hetero) is 2. The van der Waals surface area contributed by atoms with Crippen LogP contribution in [-0.2, 0) is 12.8 Å². The van der Waals surface area contributed by atoms with E-state index in [9.17, 15) is 14.4 Å². The maximum atomic E-state index is 12.9. The van der Waals surface area contributed by atoms with Crippen LogP contribution in [0.5, 0.6) is 11.5 Å². The molecule has 0 N–H and O–H groups in total. The third kappa shape index (κ3) is 5.94. The van der Waals surface area contributed by atoms with E-state index in [0.29, 0.717) is 33.8 Å². The van der Waals surface area contributed by atoms with Gasteiger partial charge in [-0.05, 0) is 59.7 Å². The average Bonchev–Trinajstić information content (AvgIpc) is 2.93. The number of carbonyl (C=O) groups excluding carboxylic acids is 3. The smallest absolute Gasteiger partial charge is 0.193 e. The minimum absolute atomic E-state index is 0.00324. The Morgan fingerprint density at radius 3 is 1.08 bits per heavy atom. The molecule has 0 radical (unpaired) electrons. The number of hydrogen-bond acceptors (Lipinski definition) is 5. The number of rotatable bonds is 10. The van der Waals surface area contributed by atoms with Crippen LogP contribution in [0, 0.1) is 0 Å². The van der Waals surface area contributed by atoms with E-state index in [-0.39, 0.29) is 30.2 Å². The molecule has 4 aromatic carbocycles.